The van der Waals surface area contributed by atoms with Crippen molar-refractivity contribution in [3.63, 3.8) is 0 Å². The first-order valence-electron chi connectivity index (χ1n) is 6.26. The van der Waals surface area contributed by atoms with E-state index < -0.39 is 0 Å². The van der Waals surface area contributed by atoms with Crippen LogP contribution in [-0.2, 0) is 0 Å². The van der Waals surface area contributed by atoms with Gasteiger partial charge >= 0.3 is 0 Å². The van der Waals surface area contributed by atoms with Crippen LogP contribution in [0, 0.1) is 0 Å². The smallest absolute Gasteiger partial charge is 0.180 e. The fourth-order valence-corrected chi connectivity index (χ4v) is 2.68. The average Bonchev–Trinajstić information content (AvgIpc) is 2.84. The minimum atomic E-state index is 0.388. The van der Waals surface area contributed by atoms with Crippen LogP contribution < -0.4 is 5.73 Å². The molecule has 3 aromatic rings. The first kappa shape index (κ1) is 12.1. The second-order valence-electron chi connectivity index (χ2n) is 4.84. The van der Waals surface area contributed by atoms with Gasteiger partial charge in [-0.15, -0.1) is 11.3 Å². The van der Waals surface area contributed by atoms with E-state index in [9.17, 15) is 0 Å². The van der Waals surface area contributed by atoms with Crippen LogP contribution in [0.5, 0.6) is 0 Å². The van der Waals surface area contributed by atoms with Gasteiger partial charge in [-0.1, -0.05) is 32.0 Å². The van der Waals surface area contributed by atoms with Gasteiger partial charge in [-0.05, 0) is 18.1 Å². The molecule has 0 fully saturated rings. The summed E-state index contributed by atoms with van der Waals surface area (Å²) < 4.78 is 0. The number of nitrogens with zero attached hydrogens (tertiary/aromatic N) is 2. The second kappa shape index (κ2) is 4.63. The van der Waals surface area contributed by atoms with Gasteiger partial charge in [0.05, 0.1) is 11.2 Å². The first-order valence-corrected chi connectivity index (χ1v) is 7.14. The zero-order valence-electron chi connectivity index (χ0n) is 10.9. The van der Waals surface area contributed by atoms with Crippen LogP contribution in [0.4, 0.5) is 5.13 Å². The van der Waals surface area contributed by atoms with E-state index in [2.05, 4.69) is 31.0 Å². The first-order chi connectivity index (χ1) is 9.15. The lowest BCUT2D eigenvalue weighted by Gasteiger charge is -2.10. The summed E-state index contributed by atoms with van der Waals surface area (Å²) >= 11 is 1.47. The molecule has 2 heterocycles. The summed E-state index contributed by atoms with van der Waals surface area (Å²) in [6, 6.07) is 10.3. The van der Waals surface area contributed by atoms with Gasteiger partial charge in [-0.25, -0.2) is 4.98 Å². The van der Waals surface area contributed by atoms with E-state index in [0.717, 1.165) is 27.9 Å². The maximum absolute atomic E-state index is 5.75. The van der Waals surface area contributed by atoms with Crippen LogP contribution in [0.3, 0.4) is 0 Å². The molecule has 2 N–H and O–H groups in total. The predicted molar refractivity (Wildman–Crippen MR) is 81.4 cm³/mol. The SMILES string of the molecule is CC(C)c1cc(-c2csc(N)n2)c2ccccc2n1. The number of para-hydroxylation sites is 1. The van der Waals surface area contributed by atoms with Gasteiger partial charge in [0.15, 0.2) is 5.13 Å². The van der Waals surface area contributed by atoms with Crippen LogP contribution >= 0.6 is 11.3 Å². The number of anilines is 1. The molecule has 3 nitrogen and oxygen atoms in total. The molecule has 1 aromatic carbocycles. The Labute approximate surface area is 116 Å². The van der Waals surface area contributed by atoms with E-state index in [1.54, 1.807) is 0 Å². The Kier molecular flexibility index (Phi) is 2.95. The highest BCUT2D eigenvalue weighted by Crippen LogP contribution is 2.31. The third-order valence-corrected chi connectivity index (χ3v) is 3.80. The topological polar surface area (TPSA) is 51.8 Å². The van der Waals surface area contributed by atoms with Gasteiger partial charge in [0.25, 0.3) is 0 Å². The number of pyridine rings is 1. The highest BCUT2D eigenvalue weighted by molar-refractivity contribution is 7.13. The highest BCUT2D eigenvalue weighted by Gasteiger charge is 2.11. The van der Waals surface area contributed by atoms with Gasteiger partial charge in [0.1, 0.15) is 0 Å². The van der Waals surface area contributed by atoms with Crippen molar-refractivity contribution in [1.29, 1.82) is 0 Å². The molecule has 0 spiro atoms. The molecule has 2 aromatic heterocycles. The summed E-state index contributed by atoms with van der Waals surface area (Å²) in [7, 11) is 0. The van der Waals surface area contributed by atoms with E-state index in [4.69, 9.17) is 10.7 Å². The third-order valence-electron chi connectivity index (χ3n) is 3.13. The normalized spacial score (nSPS) is 11.3. The van der Waals surface area contributed by atoms with Crippen LogP contribution in [0.15, 0.2) is 35.7 Å². The fraction of sp³-hybridized carbons (Fsp3) is 0.200. The zero-order chi connectivity index (χ0) is 13.4. The lowest BCUT2D eigenvalue weighted by atomic mass is 10.0. The number of thiazole rings is 1. The second-order valence-corrected chi connectivity index (χ2v) is 5.73. The number of aromatic nitrogens is 2. The molecule has 0 bridgehead atoms. The van der Waals surface area contributed by atoms with E-state index in [0.29, 0.717) is 11.0 Å². The number of hydrogen-bond donors (Lipinski definition) is 1. The lowest BCUT2D eigenvalue weighted by molar-refractivity contribution is 0.830. The Morgan fingerprint density at radius 1 is 1.16 bits per heavy atom. The van der Waals surface area contributed by atoms with Gasteiger partial charge in [0.2, 0.25) is 0 Å². The Bertz CT molecular complexity index is 731. The molecular formula is C15H15N3S. The third kappa shape index (κ3) is 2.19. The molecule has 96 valence electrons. The molecule has 3 rings (SSSR count). The van der Waals surface area contributed by atoms with Crippen LogP contribution in [-0.4, -0.2) is 9.97 Å². The Morgan fingerprint density at radius 2 is 1.95 bits per heavy atom. The molecular weight excluding hydrogens is 254 g/mol. The minimum Gasteiger partial charge on any atom is -0.375 e. The Morgan fingerprint density at radius 3 is 2.63 bits per heavy atom. The Balaban J connectivity index is 2.32. The molecule has 0 amide bonds. The summed E-state index contributed by atoms with van der Waals surface area (Å²) in [6.07, 6.45) is 0. The number of hydrogen-bond acceptors (Lipinski definition) is 4. The summed E-state index contributed by atoms with van der Waals surface area (Å²) in [4.78, 5) is 9.11. The van der Waals surface area contributed by atoms with Crippen LogP contribution in [0.25, 0.3) is 22.2 Å². The van der Waals surface area contributed by atoms with Crippen molar-refractivity contribution in [2.24, 2.45) is 0 Å². The molecule has 0 aliphatic carbocycles. The van der Waals surface area contributed by atoms with Crippen LogP contribution in [0.1, 0.15) is 25.5 Å². The molecule has 0 radical (unpaired) electrons. The molecule has 4 heteroatoms. The molecule has 0 aliphatic heterocycles. The summed E-state index contributed by atoms with van der Waals surface area (Å²) in [6.45, 7) is 4.30. The van der Waals surface area contributed by atoms with Gasteiger partial charge < -0.3 is 5.73 Å². The van der Waals surface area contributed by atoms with Crippen LogP contribution in [0.2, 0.25) is 0 Å². The lowest BCUT2D eigenvalue weighted by Crippen LogP contribution is -1.95. The highest BCUT2D eigenvalue weighted by atomic mass is 32.1. The van der Waals surface area contributed by atoms with Crippen molar-refractivity contribution < 1.29 is 0 Å². The van der Waals surface area contributed by atoms with E-state index in [-0.39, 0.29) is 0 Å². The zero-order valence-corrected chi connectivity index (χ0v) is 11.7. The maximum atomic E-state index is 5.75. The number of fused-ring (bicyclic) bond motifs is 1. The number of benzene rings is 1. The molecule has 0 saturated heterocycles. The molecule has 19 heavy (non-hydrogen) atoms. The van der Waals surface area contributed by atoms with Gasteiger partial charge in [-0.3, -0.25) is 4.98 Å². The standard InChI is InChI=1S/C15H15N3S/c1-9(2)13-7-11(14-8-19-15(16)18-14)10-5-3-4-6-12(10)17-13/h3-9H,1-2H3,(H2,16,18). The van der Waals surface area contributed by atoms with E-state index in [1.807, 2.05) is 23.6 Å². The van der Waals surface area contributed by atoms with Gasteiger partial charge in [0, 0.05) is 22.0 Å². The largest absolute Gasteiger partial charge is 0.375 e. The Hall–Kier alpha value is -1.94. The quantitative estimate of drug-likeness (QED) is 0.763. The predicted octanol–water partition coefficient (Wildman–Crippen LogP) is 4.06. The monoisotopic (exact) mass is 269 g/mol. The molecule has 0 unspecified atom stereocenters. The van der Waals surface area contributed by atoms with Crippen molar-refractivity contribution in [1.82, 2.24) is 9.97 Å². The van der Waals surface area contributed by atoms with Crippen molar-refractivity contribution in [2.75, 3.05) is 5.73 Å². The van der Waals surface area contributed by atoms with Crippen molar-refractivity contribution in [3.8, 4) is 11.3 Å². The number of nitrogen functional groups attached to an aromatic ring is 1. The van der Waals surface area contributed by atoms with Crippen molar-refractivity contribution in [3.05, 3.63) is 41.4 Å². The summed E-state index contributed by atoms with van der Waals surface area (Å²) in [5.41, 5.74) is 9.89. The number of nitrogens with two attached hydrogens (primary N) is 1. The van der Waals surface area contributed by atoms with E-state index >= 15 is 0 Å². The van der Waals surface area contributed by atoms with Gasteiger partial charge in [-0.2, -0.15) is 0 Å². The minimum absolute atomic E-state index is 0.388. The van der Waals surface area contributed by atoms with Crippen molar-refractivity contribution in [2.45, 2.75) is 19.8 Å². The average molecular weight is 269 g/mol. The molecule has 0 saturated carbocycles. The molecule has 0 aliphatic rings. The molecule has 0 atom stereocenters. The van der Waals surface area contributed by atoms with Crippen molar-refractivity contribution >= 4 is 27.4 Å². The maximum Gasteiger partial charge on any atom is 0.180 e. The summed E-state index contributed by atoms with van der Waals surface area (Å²) in [5.74, 6) is 0.388. The number of rotatable bonds is 2. The fourth-order valence-electron chi connectivity index (χ4n) is 2.11. The summed E-state index contributed by atoms with van der Waals surface area (Å²) in [5, 5.41) is 3.72. The van der Waals surface area contributed by atoms with E-state index in [1.165, 1.54) is 11.3 Å².